The summed E-state index contributed by atoms with van der Waals surface area (Å²) in [6, 6.07) is 3.57. The molecule has 1 fully saturated rings. The molecule has 23 heavy (non-hydrogen) atoms. The minimum absolute atomic E-state index is 0.156. The zero-order chi connectivity index (χ0) is 16.4. The quantitative estimate of drug-likeness (QED) is 0.906. The highest BCUT2D eigenvalue weighted by atomic mass is 19.1. The Morgan fingerprint density at radius 2 is 2.13 bits per heavy atom. The van der Waals surface area contributed by atoms with Gasteiger partial charge in [-0.25, -0.2) is 8.78 Å². The number of likely N-dealkylation sites (tertiary alicyclic amines) is 1. The average molecular weight is 320 g/mol. The van der Waals surface area contributed by atoms with Crippen LogP contribution in [0.15, 0.2) is 24.4 Å². The van der Waals surface area contributed by atoms with E-state index in [-0.39, 0.29) is 11.8 Å². The molecule has 5 nitrogen and oxygen atoms in total. The smallest absolute Gasteiger partial charge is 0.254 e. The third-order valence-electron chi connectivity index (χ3n) is 4.15. The molecule has 2 aromatic rings. The summed E-state index contributed by atoms with van der Waals surface area (Å²) >= 11 is 0. The van der Waals surface area contributed by atoms with Crippen molar-refractivity contribution in [2.45, 2.75) is 18.9 Å². The lowest BCUT2D eigenvalue weighted by molar-refractivity contribution is 0.0961. The predicted octanol–water partition coefficient (Wildman–Crippen LogP) is 2.04. The van der Waals surface area contributed by atoms with Crippen molar-refractivity contribution in [2.24, 2.45) is 0 Å². The summed E-state index contributed by atoms with van der Waals surface area (Å²) in [6.45, 7) is 1.99. The number of aromatic nitrogens is 2. The third-order valence-corrected chi connectivity index (χ3v) is 4.15. The first-order valence-corrected chi connectivity index (χ1v) is 7.49. The molecule has 7 heteroatoms. The standard InChI is InChI=1S/C16H18F2N4O/c1-19-16(23)14-7-20-21-15(14)11-2-3-22(9-11)8-10-4-12(17)6-13(18)5-10/h4-7,11H,2-3,8-9H2,1H3,(H,19,23)(H,20,21)/t11-/m0/s1. The maximum absolute atomic E-state index is 13.3. The van der Waals surface area contributed by atoms with Gasteiger partial charge >= 0.3 is 0 Å². The second-order valence-electron chi connectivity index (χ2n) is 5.77. The topological polar surface area (TPSA) is 61.0 Å². The molecule has 1 amide bonds. The Balaban J connectivity index is 1.69. The molecule has 2 heterocycles. The van der Waals surface area contributed by atoms with Gasteiger partial charge in [0.25, 0.3) is 5.91 Å². The molecular weight excluding hydrogens is 302 g/mol. The maximum atomic E-state index is 13.3. The number of benzene rings is 1. The van der Waals surface area contributed by atoms with Gasteiger partial charge in [0.05, 0.1) is 17.5 Å². The summed E-state index contributed by atoms with van der Waals surface area (Å²) in [6.07, 6.45) is 2.39. The molecule has 0 saturated carbocycles. The van der Waals surface area contributed by atoms with Crippen molar-refractivity contribution in [2.75, 3.05) is 20.1 Å². The number of carbonyl (C=O) groups excluding carboxylic acids is 1. The Kier molecular flexibility index (Phi) is 4.38. The molecule has 2 N–H and O–H groups in total. The lowest BCUT2D eigenvalue weighted by atomic mass is 10.0. The summed E-state index contributed by atoms with van der Waals surface area (Å²) in [5.74, 6) is -1.14. The fourth-order valence-corrected chi connectivity index (χ4v) is 3.10. The van der Waals surface area contributed by atoms with E-state index in [0.29, 0.717) is 24.2 Å². The lowest BCUT2D eigenvalue weighted by Crippen LogP contribution is -2.22. The Labute approximate surface area is 132 Å². The zero-order valence-corrected chi connectivity index (χ0v) is 12.8. The highest BCUT2D eigenvalue weighted by molar-refractivity contribution is 5.95. The number of nitrogens with one attached hydrogen (secondary N) is 2. The van der Waals surface area contributed by atoms with Crippen LogP contribution in [0.2, 0.25) is 0 Å². The van der Waals surface area contributed by atoms with Crippen molar-refractivity contribution >= 4 is 5.91 Å². The van der Waals surface area contributed by atoms with E-state index >= 15 is 0 Å². The second kappa shape index (κ2) is 6.45. The van der Waals surface area contributed by atoms with Crippen LogP contribution >= 0.6 is 0 Å². The van der Waals surface area contributed by atoms with Gasteiger partial charge in [-0.3, -0.25) is 14.8 Å². The number of hydrogen-bond donors (Lipinski definition) is 2. The average Bonchev–Trinajstić information content (AvgIpc) is 3.13. The number of carbonyl (C=O) groups is 1. The Hall–Kier alpha value is -2.28. The first kappa shape index (κ1) is 15.6. The Morgan fingerprint density at radius 3 is 2.83 bits per heavy atom. The molecule has 1 saturated heterocycles. The van der Waals surface area contributed by atoms with Gasteiger partial charge in [0.1, 0.15) is 11.6 Å². The number of halogens is 2. The molecule has 1 aliphatic rings. The lowest BCUT2D eigenvalue weighted by Gasteiger charge is -2.16. The molecule has 0 radical (unpaired) electrons. The van der Waals surface area contributed by atoms with E-state index in [2.05, 4.69) is 20.4 Å². The monoisotopic (exact) mass is 320 g/mol. The van der Waals surface area contributed by atoms with Crippen molar-refractivity contribution < 1.29 is 13.6 Å². The van der Waals surface area contributed by atoms with E-state index < -0.39 is 11.6 Å². The van der Waals surface area contributed by atoms with Crippen molar-refractivity contribution in [3.63, 3.8) is 0 Å². The maximum Gasteiger partial charge on any atom is 0.254 e. The summed E-state index contributed by atoms with van der Waals surface area (Å²) in [7, 11) is 1.58. The highest BCUT2D eigenvalue weighted by Gasteiger charge is 2.28. The summed E-state index contributed by atoms with van der Waals surface area (Å²) < 4.78 is 26.5. The Morgan fingerprint density at radius 1 is 1.39 bits per heavy atom. The minimum Gasteiger partial charge on any atom is -0.355 e. The van der Waals surface area contributed by atoms with Crippen LogP contribution < -0.4 is 5.32 Å². The van der Waals surface area contributed by atoms with E-state index in [1.807, 2.05) is 0 Å². The van der Waals surface area contributed by atoms with Crippen LogP contribution in [0, 0.1) is 11.6 Å². The number of amides is 1. The molecule has 1 atom stereocenters. The van der Waals surface area contributed by atoms with Gasteiger partial charge in [0.2, 0.25) is 0 Å². The van der Waals surface area contributed by atoms with Crippen LogP contribution in [-0.4, -0.2) is 41.1 Å². The van der Waals surface area contributed by atoms with Gasteiger partial charge in [-0.15, -0.1) is 0 Å². The van der Waals surface area contributed by atoms with Crippen LogP contribution in [0.1, 0.15) is 34.0 Å². The van der Waals surface area contributed by atoms with Crippen LogP contribution in [0.5, 0.6) is 0 Å². The number of H-pyrrole nitrogens is 1. The molecule has 0 spiro atoms. The zero-order valence-electron chi connectivity index (χ0n) is 12.8. The molecule has 1 aromatic heterocycles. The fourth-order valence-electron chi connectivity index (χ4n) is 3.10. The van der Waals surface area contributed by atoms with E-state index in [9.17, 15) is 13.6 Å². The van der Waals surface area contributed by atoms with Crippen LogP contribution in [-0.2, 0) is 6.54 Å². The van der Waals surface area contributed by atoms with Crippen LogP contribution in [0.25, 0.3) is 0 Å². The summed E-state index contributed by atoms with van der Waals surface area (Å²) in [5.41, 5.74) is 1.98. The molecule has 122 valence electrons. The normalized spacial score (nSPS) is 18.3. The largest absolute Gasteiger partial charge is 0.355 e. The van der Waals surface area contributed by atoms with Crippen molar-refractivity contribution in [3.8, 4) is 0 Å². The van der Waals surface area contributed by atoms with Gasteiger partial charge in [-0.05, 0) is 30.7 Å². The van der Waals surface area contributed by atoms with Crippen LogP contribution in [0.3, 0.4) is 0 Å². The third kappa shape index (κ3) is 3.39. The van der Waals surface area contributed by atoms with E-state index in [0.717, 1.165) is 24.7 Å². The molecule has 0 bridgehead atoms. The first-order chi connectivity index (χ1) is 11.1. The SMILES string of the molecule is CNC(=O)c1cn[nH]c1[C@H]1CCN(Cc2cc(F)cc(F)c2)C1. The van der Waals surface area contributed by atoms with Crippen molar-refractivity contribution in [3.05, 3.63) is 52.9 Å². The molecule has 1 aromatic carbocycles. The highest BCUT2D eigenvalue weighted by Crippen LogP contribution is 2.29. The van der Waals surface area contributed by atoms with Gasteiger partial charge in [0.15, 0.2) is 0 Å². The molecular formula is C16H18F2N4O. The number of hydrogen-bond acceptors (Lipinski definition) is 3. The second-order valence-corrected chi connectivity index (χ2v) is 5.77. The summed E-state index contributed by atoms with van der Waals surface area (Å²) in [4.78, 5) is 13.9. The molecule has 3 rings (SSSR count). The van der Waals surface area contributed by atoms with Gasteiger partial charge in [0, 0.05) is 32.1 Å². The number of rotatable bonds is 4. The van der Waals surface area contributed by atoms with Gasteiger partial charge in [-0.2, -0.15) is 5.10 Å². The van der Waals surface area contributed by atoms with Crippen LogP contribution in [0.4, 0.5) is 8.78 Å². The fraction of sp³-hybridized carbons (Fsp3) is 0.375. The molecule has 1 aliphatic heterocycles. The van der Waals surface area contributed by atoms with Crippen molar-refractivity contribution in [1.29, 1.82) is 0 Å². The van der Waals surface area contributed by atoms with Crippen molar-refractivity contribution in [1.82, 2.24) is 20.4 Å². The minimum atomic E-state index is -0.564. The molecule has 0 aliphatic carbocycles. The van der Waals surface area contributed by atoms with Gasteiger partial charge in [-0.1, -0.05) is 0 Å². The first-order valence-electron chi connectivity index (χ1n) is 7.49. The number of nitrogens with zero attached hydrogens (tertiary/aromatic N) is 2. The predicted molar refractivity (Wildman–Crippen MR) is 81.0 cm³/mol. The van der Waals surface area contributed by atoms with Gasteiger partial charge < -0.3 is 5.32 Å². The van der Waals surface area contributed by atoms with E-state index in [1.54, 1.807) is 7.05 Å². The van der Waals surface area contributed by atoms with E-state index in [4.69, 9.17) is 0 Å². The number of aromatic amines is 1. The molecule has 0 unspecified atom stereocenters. The summed E-state index contributed by atoms with van der Waals surface area (Å²) in [5, 5.41) is 9.47. The van der Waals surface area contributed by atoms with E-state index in [1.165, 1.54) is 18.3 Å². The Bertz CT molecular complexity index is 696.